The second kappa shape index (κ2) is 4.94. The molecule has 0 aliphatic carbocycles. The van der Waals surface area contributed by atoms with Gasteiger partial charge in [-0.1, -0.05) is 13.8 Å². The van der Waals surface area contributed by atoms with E-state index in [2.05, 4.69) is 4.84 Å². The smallest absolute Gasteiger partial charge is 0.304 e. The lowest BCUT2D eigenvalue weighted by Gasteiger charge is -2.19. The van der Waals surface area contributed by atoms with E-state index in [1.54, 1.807) is 6.92 Å². The molecule has 2 atom stereocenters. The topological polar surface area (TPSA) is 35.2 Å². The summed E-state index contributed by atoms with van der Waals surface area (Å²) in [6, 6.07) is 0. The lowest BCUT2D eigenvalue weighted by Crippen LogP contribution is -2.22. The van der Waals surface area contributed by atoms with Gasteiger partial charge in [-0.3, -0.25) is 0 Å². The Bertz CT molecular complexity index is 130. The Balaban J connectivity index is 3.78. The van der Waals surface area contributed by atoms with Crippen LogP contribution in [0.15, 0.2) is 0 Å². The van der Waals surface area contributed by atoms with Crippen molar-refractivity contribution >= 4 is 11.8 Å². The molecular formula is C6H12F3NOS. The minimum absolute atomic E-state index is 0.0308. The molecule has 0 amide bonds. The van der Waals surface area contributed by atoms with Crippen LogP contribution in [0.4, 0.5) is 13.2 Å². The highest BCUT2D eigenvalue weighted by Crippen LogP contribution is 2.36. The van der Waals surface area contributed by atoms with E-state index in [1.165, 1.54) is 6.92 Å². The standard InChI is InChI=1S/C6H12F3NOS/c1-4(3-11-10)5(2)12-6(7,8)9/h4-5H,3,10H2,1-2H3. The fourth-order valence-electron chi connectivity index (χ4n) is 0.614. The van der Waals surface area contributed by atoms with Crippen molar-refractivity contribution in [1.82, 2.24) is 0 Å². The van der Waals surface area contributed by atoms with Gasteiger partial charge in [-0.15, -0.1) is 0 Å². The summed E-state index contributed by atoms with van der Waals surface area (Å²) >= 11 is -0.0308. The van der Waals surface area contributed by atoms with Crippen molar-refractivity contribution in [3.8, 4) is 0 Å². The Kier molecular flexibility index (Phi) is 4.96. The van der Waals surface area contributed by atoms with Crippen LogP contribution in [0.5, 0.6) is 0 Å². The molecule has 2 unspecified atom stereocenters. The van der Waals surface area contributed by atoms with E-state index in [0.29, 0.717) is 0 Å². The largest absolute Gasteiger partial charge is 0.442 e. The second-order valence-corrected chi connectivity index (χ2v) is 4.02. The highest BCUT2D eigenvalue weighted by Gasteiger charge is 2.33. The van der Waals surface area contributed by atoms with E-state index in [0.717, 1.165) is 0 Å². The molecular weight excluding hydrogens is 191 g/mol. The van der Waals surface area contributed by atoms with Gasteiger partial charge < -0.3 is 4.84 Å². The zero-order valence-corrected chi connectivity index (χ0v) is 7.71. The summed E-state index contributed by atoms with van der Waals surface area (Å²) in [6.45, 7) is 3.31. The second-order valence-electron chi connectivity index (χ2n) is 2.58. The van der Waals surface area contributed by atoms with Gasteiger partial charge in [0.25, 0.3) is 0 Å². The van der Waals surface area contributed by atoms with Gasteiger partial charge in [0.1, 0.15) is 0 Å². The van der Waals surface area contributed by atoms with Gasteiger partial charge in [-0.05, 0) is 17.7 Å². The van der Waals surface area contributed by atoms with Crippen LogP contribution in [0.25, 0.3) is 0 Å². The summed E-state index contributed by atoms with van der Waals surface area (Å²) in [6.07, 6.45) is 0. The third kappa shape index (κ3) is 5.68. The number of halogens is 3. The van der Waals surface area contributed by atoms with Gasteiger partial charge in [0.05, 0.1) is 6.61 Å². The molecule has 0 saturated carbocycles. The molecule has 6 heteroatoms. The summed E-state index contributed by atoms with van der Waals surface area (Å²) in [5.41, 5.74) is -4.18. The van der Waals surface area contributed by atoms with Crippen molar-refractivity contribution in [1.29, 1.82) is 0 Å². The first-order valence-electron chi connectivity index (χ1n) is 3.43. The first kappa shape index (κ1) is 12.1. The molecule has 0 saturated heterocycles. The van der Waals surface area contributed by atoms with Gasteiger partial charge >= 0.3 is 5.51 Å². The van der Waals surface area contributed by atoms with Crippen LogP contribution in [0.3, 0.4) is 0 Å². The van der Waals surface area contributed by atoms with Crippen LogP contribution >= 0.6 is 11.8 Å². The maximum atomic E-state index is 11.8. The molecule has 0 aliphatic heterocycles. The SMILES string of the molecule is CC(CON)C(C)SC(F)(F)F. The molecule has 2 N–H and O–H groups in total. The third-order valence-electron chi connectivity index (χ3n) is 1.48. The van der Waals surface area contributed by atoms with Gasteiger partial charge in [0.15, 0.2) is 0 Å². The Morgan fingerprint density at radius 3 is 2.25 bits per heavy atom. The van der Waals surface area contributed by atoms with Gasteiger partial charge in [0.2, 0.25) is 0 Å². The molecule has 0 aliphatic rings. The Labute approximate surface area is 73.6 Å². The minimum atomic E-state index is -4.18. The highest BCUT2D eigenvalue weighted by atomic mass is 32.2. The maximum Gasteiger partial charge on any atom is 0.442 e. The molecule has 0 fully saturated rings. The third-order valence-corrected chi connectivity index (χ3v) is 2.58. The number of hydrogen-bond donors (Lipinski definition) is 1. The number of alkyl halides is 3. The lowest BCUT2D eigenvalue weighted by atomic mass is 10.1. The number of rotatable bonds is 4. The summed E-state index contributed by atoms with van der Waals surface area (Å²) in [5, 5.41) is -0.534. The molecule has 0 spiro atoms. The fourth-order valence-corrected chi connectivity index (χ4v) is 1.35. The van der Waals surface area contributed by atoms with Gasteiger partial charge in [0, 0.05) is 5.25 Å². The zero-order chi connectivity index (χ0) is 9.78. The van der Waals surface area contributed by atoms with Gasteiger partial charge in [-0.2, -0.15) is 13.2 Å². The lowest BCUT2D eigenvalue weighted by molar-refractivity contribution is -0.0338. The van der Waals surface area contributed by atoms with E-state index in [9.17, 15) is 13.2 Å². The minimum Gasteiger partial charge on any atom is -0.304 e. The Morgan fingerprint density at radius 2 is 1.92 bits per heavy atom. The van der Waals surface area contributed by atoms with E-state index in [1.807, 2.05) is 0 Å². The summed E-state index contributed by atoms with van der Waals surface area (Å²) < 4.78 is 35.4. The quantitative estimate of drug-likeness (QED) is 0.711. The molecule has 12 heavy (non-hydrogen) atoms. The van der Waals surface area contributed by atoms with Crippen molar-refractivity contribution < 1.29 is 18.0 Å². The van der Waals surface area contributed by atoms with Crippen LogP contribution in [-0.2, 0) is 4.84 Å². The maximum absolute atomic E-state index is 11.8. The Morgan fingerprint density at radius 1 is 1.42 bits per heavy atom. The summed E-state index contributed by atoms with van der Waals surface area (Å²) in [7, 11) is 0. The highest BCUT2D eigenvalue weighted by molar-refractivity contribution is 8.00. The molecule has 0 radical (unpaired) electrons. The molecule has 0 aromatic heterocycles. The molecule has 2 nitrogen and oxygen atoms in total. The Hall–Kier alpha value is 0.0600. The van der Waals surface area contributed by atoms with Crippen molar-refractivity contribution in [2.45, 2.75) is 24.6 Å². The van der Waals surface area contributed by atoms with Crippen LogP contribution in [-0.4, -0.2) is 17.4 Å². The predicted molar refractivity (Wildman–Crippen MR) is 42.4 cm³/mol. The number of hydrogen-bond acceptors (Lipinski definition) is 3. The average molecular weight is 203 g/mol. The average Bonchev–Trinajstić information content (AvgIpc) is 1.84. The van der Waals surface area contributed by atoms with Crippen LogP contribution < -0.4 is 5.90 Å². The van der Waals surface area contributed by atoms with Crippen molar-refractivity contribution in [2.24, 2.45) is 11.8 Å². The van der Waals surface area contributed by atoms with Crippen LogP contribution in [0.1, 0.15) is 13.8 Å². The van der Waals surface area contributed by atoms with Crippen LogP contribution in [0.2, 0.25) is 0 Å². The van der Waals surface area contributed by atoms with E-state index in [4.69, 9.17) is 5.90 Å². The first-order valence-corrected chi connectivity index (χ1v) is 4.31. The van der Waals surface area contributed by atoms with E-state index < -0.39 is 10.8 Å². The van der Waals surface area contributed by atoms with Crippen molar-refractivity contribution in [2.75, 3.05) is 6.61 Å². The monoisotopic (exact) mass is 203 g/mol. The molecule has 0 aromatic carbocycles. The number of thioether (sulfide) groups is 1. The summed E-state index contributed by atoms with van der Waals surface area (Å²) in [5.74, 6) is 4.53. The molecule has 74 valence electrons. The predicted octanol–water partition coefficient (Wildman–Crippen LogP) is 2.15. The van der Waals surface area contributed by atoms with E-state index >= 15 is 0 Å². The van der Waals surface area contributed by atoms with Crippen molar-refractivity contribution in [3.63, 3.8) is 0 Å². The number of nitrogens with two attached hydrogens (primary N) is 1. The van der Waals surface area contributed by atoms with Crippen molar-refractivity contribution in [3.05, 3.63) is 0 Å². The van der Waals surface area contributed by atoms with Gasteiger partial charge in [-0.25, -0.2) is 5.90 Å². The first-order chi connectivity index (χ1) is 5.37. The van der Waals surface area contributed by atoms with Crippen LogP contribution in [0, 0.1) is 5.92 Å². The normalized spacial score (nSPS) is 17.5. The zero-order valence-electron chi connectivity index (χ0n) is 6.89. The molecule has 0 bridgehead atoms. The fraction of sp³-hybridized carbons (Fsp3) is 1.00. The molecule has 0 rings (SSSR count). The van der Waals surface area contributed by atoms with E-state index in [-0.39, 0.29) is 24.3 Å². The summed E-state index contributed by atoms with van der Waals surface area (Å²) in [4.78, 5) is 4.26. The molecule has 0 aromatic rings. The molecule has 0 heterocycles.